The number of hydrogen-bond donors (Lipinski definition) is 1. The average molecular weight is 288 g/mol. The van der Waals surface area contributed by atoms with Gasteiger partial charge in [0.2, 0.25) is 0 Å². The monoisotopic (exact) mass is 288 g/mol. The second-order valence-corrected chi connectivity index (χ2v) is 6.68. The van der Waals surface area contributed by atoms with Gasteiger partial charge in [0, 0.05) is 49.9 Å². The van der Waals surface area contributed by atoms with Crippen LogP contribution in [0.1, 0.15) is 44.4 Å². The molecular formula is C15H24N6. The van der Waals surface area contributed by atoms with Gasteiger partial charge in [-0.15, -0.1) is 5.10 Å². The number of aromatic nitrogens is 5. The number of fused-ring (bicyclic) bond motifs is 1. The number of nitrogens with one attached hydrogen (secondary N) is 1. The lowest BCUT2D eigenvalue weighted by atomic mass is 9.95. The van der Waals surface area contributed by atoms with E-state index in [1.54, 1.807) is 6.20 Å². The van der Waals surface area contributed by atoms with Crippen molar-refractivity contribution in [2.75, 3.05) is 6.54 Å². The molecule has 0 radical (unpaired) electrons. The van der Waals surface area contributed by atoms with Crippen LogP contribution >= 0.6 is 0 Å². The van der Waals surface area contributed by atoms with E-state index in [-0.39, 0.29) is 5.41 Å². The number of imidazole rings is 1. The first-order chi connectivity index (χ1) is 10.1. The Hall–Kier alpha value is -1.69. The predicted molar refractivity (Wildman–Crippen MR) is 81.0 cm³/mol. The van der Waals surface area contributed by atoms with Gasteiger partial charge in [0.1, 0.15) is 5.82 Å². The molecule has 0 fully saturated rings. The van der Waals surface area contributed by atoms with Crippen LogP contribution in [0.3, 0.4) is 0 Å². The van der Waals surface area contributed by atoms with Gasteiger partial charge in [-0.2, -0.15) is 0 Å². The largest absolute Gasteiger partial charge is 0.331 e. The maximum atomic E-state index is 4.90. The van der Waals surface area contributed by atoms with Crippen LogP contribution in [-0.2, 0) is 31.5 Å². The van der Waals surface area contributed by atoms with E-state index >= 15 is 0 Å². The molecule has 0 aliphatic carbocycles. The molecule has 2 aromatic rings. The summed E-state index contributed by atoms with van der Waals surface area (Å²) in [5, 5.41) is 11.3. The molecule has 0 saturated heterocycles. The predicted octanol–water partition coefficient (Wildman–Crippen LogP) is 1.51. The minimum absolute atomic E-state index is 0.0740. The fourth-order valence-corrected chi connectivity index (χ4v) is 2.93. The third-order valence-electron chi connectivity index (χ3n) is 3.90. The molecule has 0 atom stereocenters. The van der Waals surface area contributed by atoms with Crippen LogP contribution in [0.2, 0.25) is 0 Å². The number of nitrogens with zero attached hydrogens (tertiary/aromatic N) is 5. The van der Waals surface area contributed by atoms with E-state index in [9.17, 15) is 0 Å². The third-order valence-corrected chi connectivity index (χ3v) is 3.90. The molecule has 3 heterocycles. The van der Waals surface area contributed by atoms with E-state index in [0.717, 1.165) is 39.0 Å². The van der Waals surface area contributed by atoms with Crippen LogP contribution in [-0.4, -0.2) is 31.1 Å². The molecule has 1 aliphatic heterocycles. The van der Waals surface area contributed by atoms with Gasteiger partial charge in [0.05, 0.1) is 11.9 Å². The Bertz CT molecular complexity index is 590. The first kappa shape index (κ1) is 14.3. The highest BCUT2D eigenvalue weighted by molar-refractivity contribution is 5.23. The molecule has 21 heavy (non-hydrogen) atoms. The molecule has 0 aromatic carbocycles. The van der Waals surface area contributed by atoms with Gasteiger partial charge in [-0.25, -0.2) is 4.98 Å². The van der Waals surface area contributed by atoms with E-state index in [1.165, 1.54) is 17.2 Å². The summed E-state index contributed by atoms with van der Waals surface area (Å²) in [4.78, 5) is 4.90. The molecule has 2 aromatic heterocycles. The molecule has 1 aliphatic rings. The van der Waals surface area contributed by atoms with Crippen molar-refractivity contribution in [3.8, 4) is 0 Å². The SMILES string of the molecule is CC(C)(C)c1nc2c(n1CCCn1ccnn1)CCNC2. The molecule has 6 nitrogen and oxygen atoms in total. The Morgan fingerprint density at radius 2 is 2.14 bits per heavy atom. The number of hydrogen-bond acceptors (Lipinski definition) is 4. The maximum absolute atomic E-state index is 4.90. The highest BCUT2D eigenvalue weighted by atomic mass is 15.4. The summed E-state index contributed by atoms with van der Waals surface area (Å²) in [5.41, 5.74) is 2.72. The van der Waals surface area contributed by atoms with Crippen LogP contribution in [0.5, 0.6) is 0 Å². The lowest BCUT2D eigenvalue weighted by Crippen LogP contribution is -2.26. The maximum Gasteiger partial charge on any atom is 0.114 e. The highest BCUT2D eigenvalue weighted by Crippen LogP contribution is 2.26. The summed E-state index contributed by atoms with van der Waals surface area (Å²) in [7, 11) is 0. The van der Waals surface area contributed by atoms with Crippen LogP contribution in [0.15, 0.2) is 12.4 Å². The van der Waals surface area contributed by atoms with Crippen molar-refractivity contribution in [3.63, 3.8) is 0 Å². The zero-order valence-corrected chi connectivity index (χ0v) is 13.1. The molecule has 6 heteroatoms. The van der Waals surface area contributed by atoms with Crippen molar-refractivity contribution < 1.29 is 0 Å². The van der Waals surface area contributed by atoms with E-state index in [0.29, 0.717) is 0 Å². The Morgan fingerprint density at radius 3 is 2.86 bits per heavy atom. The molecule has 0 unspecified atom stereocenters. The Morgan fingerprint density at radius 1 is 1.29 bits per heavy atom. The third kappa shape index (κ3) is 3.00. The average Bonchev–Trinajstić information content (AvgIpc) is 3.06. The van der Waals surface area contributed by atoms with Gasteiger partial charge < -0.3 is 9.88 Å². The fraction of sp³-hybridized carbons (Fsp3) is 0.667. The Labute approximate surface area is 125 Å². The molecule has 0 amide bonds. The first-order valence-electron chi connectivity index (χ1n) is 7.69. The Balaban J connectivity index is 1.80. The second kappa shape index (κ2) is 5.60. The zero-order chi connectivity index (χ0) is 14.9. The Kier molecular flexibility index (Phi) is 3.80. The number of rotatable bonds is 4. The summed E-state index contributed by atoms with van der Waals surface area (Å²) in [5.74, 6) is 1.20. The van der Waals surface area contributed by atoms with Crippen molar-refractivity contribution >= 4 is 0 Å². The van der Waals surface area contributed by atoms with Crippen LogP contribution in [0.4, 0.5) is 0 Å². The van der Waals surface area contributed by atoms with Crippen LogP contribution < -0.4 is 5.32 Å². The molecule has 114 valence electrons. The van der Waals surface area contributed by atoms with E-state index in [1.807, 2.05) is 10.9 Å². The molecular weight excluding hydrogens is 264 g/mol. The van der Waals surface area contributed by atoms with Gasteiger partial charge in [-0.3, -0.25) is 4.68 Å². The summed E-state index contributed by atoms with van der Waals surface area (Å²) in [6, 6.07) is 0. The summed E-state index contributed by atoms with van der Waals surface area (Å²) >= 11 is 0. The van der Waals surface area contributed by atoms with E-state index < -0.39 is 0 Å². The van der Waals surface area contributed by atoms with E-state index in [4.69, 9.17) is 4.98 Å². The van der Waals surface area contributed by atoms with Crippen LogP contribution in [0, 0.1) is 0 Å². The van der Waals surface area contributed by atoms with Gasteiger partial charge in [0.25, 0.3) is 0 Å². The molecule has 3 rings (SSSR count). The quantitative estimate of drug-likeness (QED) is 0.926. The van der Waals surface area contributed by atoms with E-state index in [2.05, 4.69) is 41.0 Å². The lowest BCUT2D eigenvalue weighted by Gasteiger charge is -2.22. The van der Waals surface area contributed by atoms with Crippen molar-refractivity contribution in [1.29, 1.82) is 0 Å². The highest BCUT2D eigenvalue weighted by Gasteiger charge is 2.26. The van der Waals surface area contributed by atoms with Crippen LogP contribution in [0.25, 0.3) is 0 Å². The first-order valence-corrected chi connectivity index (χ1v) is 7.69. The lowest BCUT2D eigenvalue weighted by molar-refractivity contribution is 0.454. The zero-order valence-electron chi connectivity index (χ0n) is 13.1. The smallest absolute Gasteiger partial charge is 0.114 e. The van der Waals surface area contributed by atoms with Crippen molar-refractivity contribution in [1.82, 2.24) is 29.9 Å². The van der Waals surface area contributed by atoms with Gasteiger partial charge in [-0.05, 0) is 6.42 Å². The van der Waals surface area contributed by atoms with Crippen molar-refractivity contribution in [2.24, 2.45) is 0 Å². The van der Waals surface area contributed by atoms with Crippen molar-refractivity contribution in [2.45, 2.75) is 58.7 Å². The number of aryl methyl sites for hydroxylation is 1. The summed E-state index contributed by atoms with van der Waals surface area (Å²) in [6.07, 6.45) is 5.76. The molecule has 1 N–H and O–H groups in total. The minimum Gasteiger partial charge on any atom is -0.331 e. The van der Waals surface area contributed by atoms with Gasteiger partial charge in [-0.1, -0.05) is 26.0 Å². The second-order valence-electron chi connectivity index (χ2n) is 6.68. The summed E-state index contributed by atoms with van der Waals surface area (Å²) < 4.78 is 4.33. The standard InChI is InChI=1S/C15H24N6/c1-15(2,3)14-18-12-11-16-6-5-13(12)21(14)9-4-8-20-10-7-17-19-20/h7,10,16H,4-6,8-9,11H2,1-3H3. The van der Waals surface area contributed by atoms with Gasteiger partial charge in [0.15, 0.2) is 0 Å². The molecule has 0 bridgehead atoms. The molecule has 0 saturated carbocycles. The minimum atomic E-state index is 0.0740. The topological polar surface area (TPSA) is 60.6 Å². The van der Waals surface area contributed by atoms with Crippen molar-refractivity contribution in [3.05, 3.63) is 29.6 Å². The normalized spacial score (nSPS) is 15.2. The van der Waals surface area contributed by atoms with Gasteiger partial charge >= 0.3 is 0 Å². The molecule has 0 spiro atoms. The fourth-order valence-electron chi connectivity index (χ4n) is 2.93. The summed E-state index contributed by atoms with van der Waals surface area (Å²) in [6.45, 7) is 10.6.